The lowest BCUT2D eigenvalue weighted by molar-refractivity contribution is 0.0918. The summed E-state index contributed by atoms with van der Waals surface area (Å²) >= 11 is 1.67. The molecule has 5 nitrogen and oxygen atoms in total. The molecule has 6 heteroatoms. The third kappa shape index (κ3) is 3.71. The van der Waals surface area contributed by atoms with Gasteiger partial charge < -0.3 is 9.64 Å². The van der Waals surface area contributed by atoms with Crippen LogP contribution in [0.15, 0.2) is 55.0 Å². The fourth-order valence-corrected chi connectivity index (χ4v) is 6.60. The van der Waals surface area contributed by atoms with Crippen LogP contribution in [0.4, 0.5) is 5.00 Å². The van der Waals surface area contributed by atoms with Crippen LogP contribution in [0.1, 0.15) is 35.5 Å². The van der Waals surface area contributed by atoms with Crippen molar-refractivity contribution < 1.29 is 9.53 Å². The summed E-state index contributed by atoms with van der Waals surface area (Å²) in [4.78, 5) is 25.5. The third-order valence-electron chi connectivity index (χ3n) is 6.84. The Labute approximate surface area is 203 Å². The van der Waals surface area contributed by atoms with E-state index in [9.17, 15) is 4.79 Å². The van der Waals surface area contributed by atoms with Gasteiger partial charge in [0.05, 0.1) is 28.8 Å². The summed E-state index contributed by atoms with van der Waals surface area (Å²) in [5.74, 6) is 0.271. The summed E-state index contributed by atoms with van der Waals surface area (Å²) in [6, 6.07) is 12.6. The number of carbonyl (C=O) groups excluding carboxylic acids is 1. The second-order valence-electron chi connectivity index (χ2n) is 9.96. The Hall–Kier alpha value is -3.09. The maximum absolute atomic E-state index is 13.2. The smallest absolute Gasteiger partial charge is 0.173 e. The van der Waals surface area contributed by atoms with Crippen LogP contribution in [0.5, 0.6) is 0 Å². The minimum absolute atomic E-state index is 0.0410. The molecule has 0 N–H and O–H groups in total. The largest absolute Gasteiger partial charge is 0.378 e. The predicted molar refractivity (Wildman–Crippen MR) is 138 cm³/mol. The van der Waals surface area contributed by atoms with Crippen molar-refractivity contribution in [2.45, 2.75) is 26.7 Å². The first-order valence-electron chi connectivity index (χ1n) is 11.8. The number of rotatable bonds is 3. The van der Waals surface area contributed by atoms with E-state index in [2.05, 4.69) is 54.1 Å². The molecule has 1 aromatic carbocycles. The topological polar surface area (TPSA) is 55.3 Å². The van der Waals surface area contributed by atoms with Crippen LogP contribution < -0.4 is 4.90 Å². The van der Waals surface area contributed by atoms with Gasteiger partial charge >= 0.3 is 0 Å². The van der Waals surface area contributed by atoms with Gasteiger partial charge in [0.15, 0.2) is 5.78 Å². The molecule has 4 heterocycles. The highest BCUT2D eigenvalue weighted by molar-refractivity contribution is 7.19. The average Bonchev–Trinajstić information content (AvgIpc) is 3.23. The van der Waals surface area contributed by atoms with Crippen LogP contribution in [-0.2, 0) is 11.2 Å². The van der Waals surface area contributed by atoms with Crippen LogP contribution in [-0.4, -0.2) is 42.1 Å². The Morgan fingerprint density at radius 1 is 1.06 bits per heavy atom. The first-order chi connectivity index (χ1) is 16.5. The summed E-state index contributed by atoms with van der Waals surface area (Å²) in [5, 5.41) is 3.43. The normalized spacial score (nSPS) is 17.7. The van der Waals surface area contributed by atoms with Crippen molar-refractivity contribution in [1.82, 2.24) is 9.97 Å². The number of hydrogen-bond donors (Lipinski definition) is 0. The van der Waals surface area contributed by atoms with Gasteiger partial charge in [0, 0.05) is 54.6 Å². The van der Waals surface area contributed by atoms with Crippen molar-refractivity contribution >= 4 is 32.9 Å². The molecule has 172 valence electrons. The number of aromatic nitrogens is 2. The lowest BCUT2D eigenvalue weighted by Gasteiger charge is -2.30. The number of nitrogens with zero attached hydrogens (tertiary/aromatic N) is 3. The number of fused-ring (bicyclic) bond motifs is 2. The first kappa shape index (κ1) is 21.4. The molecule has 3 aromatic heterocycles. The molecule has 2 aliphatic rings. The third-order valence-corrected chi connectivity index (χ3v) is 8.17. The molecule has 0 unspecified atom stereocenters. The molecule has 1 fully saturated rings. The highest BCUT2D eigenvalue weighted by atomic mass is 32.1. The summed E-state index contributed by atoms with van der Waals surface area (Å²) in [5.41, 5.74) is 5.51. The van der Waals surface area contributed by atoms with Crippen molar-refractivity contribution in [1.29, 1.82) is 0 Å². The number of ether oxygens (including phenoxy) is 1. The number of thiophene rings is 1. The lowest BCUT2D eigenvalue weighted by Crippen LogP contribution is -2.36. The maximum Gasteiger partial charge on any atom is 0.173 e. The van der Waals surface area contributed by atoms with E-state index < -0.39 is 0 Å². The molecule has 0 bridgehead atoms. The summed E-state index contributed by atoms with van der Waals surface area (Å²) < 4.78 is 5.62. The van der Waals surface area contributed by atoms with Gasteiger partial charge in [-0.2, -0.15) is 0 Å². The van der Waals surface area contributed by atoms with Crippen LogP contribution in [0.2, 0.25) is 0 Å². The van der Waals surface area contributed by atoms with E-state index in [0.29, 0.717) is 19.6 Å². The monoisotopic (exact) mass is 469 g/mol. The maximum atomic E-state index is 13.2. The number of anilines is 1. The number of carbonyl (C=O) groups is 1. The van der Waals surface area contributed by atoms with Gasteiger partial charge in [-0.15, -0.1) is 11.3 Å². The van der Waals surface area contributed by atoms with Gasteiger partial charge in [0.2, 0.25) is 0 Å². The Bertz CT molecular complexity index is 1400. The zero-order chi connectivity index (χ0) is 23.3. The zero-order valence-electron chi connectivity index (χ0n) is 19.5. The SMILES string of the molecule is CC1(C)CC(=O)c2sc(N3CCOCC3)c(-c3ccnc(-c4cccc5cnccc45)c3)c2C1. The Balaban J connectivity index is 1.54. The second-order valence-corrected chi connectivity index (χ2v) is 11.0. The van der Waals surface area contributed by atoms with Crippen molar-refractivity contribution in [2.24, 2.45) is 5.41 Å². The average molecular weight is 470 g/mol. The molecule has 4 aromatic rings. The number of Topliss-reactive ketones (excluding diaryl/α,β-unsaturated/α-hetero) is 1. The molecule has 1 aliphatic carbocycles. The molecule has 1 saturated heterocycles. The molecular weight excluding hydrogens is 442 g/mol. The van der Waals surface area contributed by atoms with Gasteiger partial charge in [0.25, 0.3) is 0 Å². The fourth-order valence-electron chi connectivity index (χ4n) is 5.27. The summed E-state index contributed by atoms with van der Waals surface area (Å²) in [6.45, 7) is 7.52. The highest BCUT2D eigenvalue weighted by Gasteiger charge is 2.37. The lowest BCUT2D eigenvalue weighted by atomic mass is 9.75. The predicted octanol–water partition coefficient (Wildman–Crippen LogP) is 6.02. The first-order valence-corrected chi connectivity index (χ1v) is 12.6. The van der Waals surface area contributed by atoms with Gasteiger partial charge in [0.1, 0.15) is 0 Å². The summed E-state index contributed by atoms with van der Waals surface area (Å²) in [7, 11) is 0. The Morgan fingerprint density at radius 2 is 1.91 bits per heavy atom. The van der Waals surface area contributed by atoms with E-state index >= 15 is 0 Å². The van der Waals surface area contributed by atoms with Crippen molar-refractivity contribution in [3.63, 3.8) is 0 Å². The molecule has 0 radical (unpaired) electrons. The molecule has 34 heavy (non-hydrogen) atoms. The molecule has 0 atom stereocenters. The van der Waals surface area contributed by atoms with E-state index in [1.165, 1.54) is 16.1 Å². The highest BCUT2D eigenvalue weighted by Crippen LogP contribution is 2.49. The van der Waals surface area contributed by atoms with Crippen LogP contribution in [0.25, 0.3) is 33.2 Å². The molecule has 1 aliphatic heterocycles. The number of hydrogen-bond acceptors (Lipinski definition) is 6. The standard InChI is InChI=1S/C28H27N3O2S/c1-28(2)15-22-25(27(31-10-12-33-13-11-31)34-26(22)24(32)16-28)18-6-9-30-23(14-18)21-5-3-4-19-17-29-8-7-20(19)21/h3-9,14,17H,10-13,15-16H2,1-2H3. The van der Waals surface area contributed by atoms with Crippen LogP contribution in [0, 0.1) is 5.41 Å². The minimum Gasteiger partial charge on any atom is -0.378 e. The molecule has 0 amide bonds. The van der Waals surface area contributed by atoms with Gasteiger partial charge in [-0.05, 0) is 46.5 Å². The number of ketones is 1. The van der Waals surface area contributed by atoms with Gasteiger partial charge in [-0.3, -0.25) is 14.8 Å². The van der Waals surface area contributed by atoms with E-state index in [1.807, 2.05) is 24.7 Å². The van der Waals surface area contributed by atoms with E-state index in [4.69, 9.17) is 9.72 Å². The molecular formula is C28H27N3O2S. The summed E-state index contributed by atoms with van der Waals surface area (Å²) in [6.07, 6.45) is 7.13. The van der Waals surface area contributed by atoms with Crippen LogP contribution in [0.3, 0.4) is 0 Å². The van der Waals surface area contributed by atoms with Crippen molar-refractivity contribution in [2.75, 3.05) is 31.2 Å². The quantitative estimate of drug-likeness (QED) is 0.367. The van der Waals surface area contributed by atoms with E-state index in [0.717, 1.165) is 52.0 Å². The van der Waals surface area contributed by atoms with Gasteiger partial charge in [-0.1, -0.05) is 32.0 Å². The van der Waals surface area contributed by atoms with E-state index in [-0.39, 0.29) is 11.2 Å². The van der Waals surface area contributed by atoms with E-state index in [1.54, 1.807) is 11.3 Å². The number of morpholine rings is 1. The number of pyridine rings is 2. The van der Waals surface area contributed by atoms with Crippen molar-refractivity contribution in [3.05, 3.63) is 65.4 Å². The second kappa shape index (κ2) is 8.29. The van der Waals surface area contributed by atoms with Gasteiger partial charge in [-0.25, -0.2) is 0 Å². The molecule has 0 spiro atoms. The van der Waals surface area contributed by atoms with Crippen molar-refractivity contribution in [3.8, 4) is 22.4 Å². The molecule has 0 saturated carbocycles. The van der Waals surface area contributed by atoms with Crippen LogP contribution >= 0.6 is 11.3 Å². The Kier molecular flexibility index (Phi) is 5.23. The minimum atomic E-state index is -0.0410. The number of benzene rings is 1. The molecule has 6 rings (SSSR count). The Morgan fingerprint density at radius 3 is 2.76 bits per heavy atom. The fraction of sp³-hybridized carbons (Fsp3) is 0.321. The zero-order valence-corrected chi connectivity index (χ0v) is 20.3.